The van der Waals surface area contributed by atoms with Crippen molar-refractivity contribution in [2.45, 2.75) is 23.8 Å². The number of alkyl halides is 3. The number of nitrogens with zero attached hydrogens (tertiary/aromatic N) is 2. The lowest BCUT2D eigenvalue weighted by Gasteiger charge is -2.15. The molecule has 1 fully saturated rings. The number of thioether (sulfide) groups is 1. The molecule has 3 nitrogen and oxygen atoms in total. The molecule has 1 aromatic heterocycles. The van der Waals surface area contributed by atoms with Crippen molar-refractivity contribution in [2.24, 2.45) is 0 Å². The molecular formula is C12H12F3N3S. The molecule has 2 rings (SSSR count). The quantitative estimate of drug-likeness (QED) is 0.923. The highest BCUT2D eigenvalue weighted by Crippen LogP contribution is 2.47. The minimum Gasteiger partial charge on any atom is -0.368 e. The summed E-state index contributed by atoms with van der Waals surface area (Å²) in [7, 11) is 0. The number of anilines is 1. The Labute approximate surface area is 113 Å². The van der Waals surface area contributed by atoms with E-state index in [1.54, 1.807) is 11.8 Å². The summed E-state index contributed by atoms with van der Waals surface area (Å²) in [6, 6.07) is 3.82. The highest BCUT2D eigenvalue weighted by molar-refractivity contribution is 8.00. The zero-order valence-electron chi connectivity index (χ0n) is 10.2. The number of nitriles is 1. The number of hydrogen-bond donors (Lipinski definition) is 1. The fraction of sp³-hybridized carbons (Fsp3) is 0.500. The Morgan fingerprint density at radius 2 is 2.16 bits per heavy atom. The van der Waals surface area contributed by atoms with E-state index in [1.807, 2.05) is 12.3 Å². The van der Waals surface area contributed by atoms with Gasteiger partial charge in [0.25, 0.3) is 0 Å². The van der Waals surface area contributed by atoms with Gasteiger partial charge in [0, 0.05) is 11.3 Å². The van der Waals surface area contributed by atoms with Crippen LogP contribution in [-0.2, 0) is 6.18 Å². The first-order valence-electron chi connectivity index (χ1n) is 5.68. The van der Waals surface area contributed by atoms with Gasteiger partial charge in [0.1, 0.15) is 17.6 Å². The van der Waals surface area contributed by atoms with Gasteiger partial charge in [-0.15, -0.1) is 0 Å². The molecule has 0 radical (unpaired) electrons. The summed E-state index contributed by atoms with van der Waals surface area (Å²) < 4.78 is 37.8. The molecule has 1 aliphatic carbocycles. The smallest absolute Gasteiger partial charge is 0.368 e. The fourth-order valence-corrected chi connectivity index (χ4v) is 2.41. The van der Waals surface area contributed by atoms with Crippen molar-refractivity contribution in [3.05, 3.63) is 23.4 Å². The van der Waals surface area contributed by atoms with Crippen LogP contribution in [0.3, 0.4) is 0 Å². The number of nitrogens with one attached hydrogen (secondary N) is 1. The summed E-state index contributed by atoms with van der Waals surface area (Å²) in [5.41, 5.74) is -0.854. The lowest BCUT2D eigenvalue weighted by Crippen LogP contribution is -2.20. The Morgan fingerprint density at radius 1 is 1.47 bits per heavy atom. The number of rotatable bonds is 4. The second kappa shape index (κ2) is 4.93. The SMILES string of the molecule is CSC1(CNc2nc(C(F)(F)F)ccc2C#N)CC1. The number of pyridine rings is 1. The summed E-state index contributed by atoms with van der Waals surface area (Å²) in [5, 5.41) is 11.8. The van der Waals surface area contributed by atoms with Crippen molar-refractivity contribution in [3.63, 3.8) is 0 Å². The zero-order chi connectivity index (χ0) is 14.1. The third-order valence-corrected chi connectivity index (χ3v) is 4.54. The van der Waals surface area contributed by atoms with Crippen molar-refractivity contribution in [2.75, 3.05) is 18.1 Å². The molecule has 19 heavy (non-hydrogen) atoms. The van der Waals surface area contributed by atoms with E-state index in [0.717, 1.165) is 25.0 Å². The summed E-state index contributed by atoms with van der Waals surface area (Å²) in [4.78, 5) is 3.51. The van der Waals surface area contributed by atoms with Crippen LogP contribution in [0.15, 0.2) is 12.1 Å². The standard InChI is InChI=1S/C12H12F3N3S/c1-19-11(4-5-11)7-17-10-8(6-16)2-3-9(18-10)12(13,14)15/h2-3H,4-5,7H2,1H3,(H,17,18). The van der Waals surface area contributed by atoms with E-state index in [1.165, 1.54) is 0 Å². The second-order valence-electron chi connectivity index (χ2n) is 4.44. The molecule has 0 spiro atoms. The van der Waals surface area contributed by atoms with E-state index >= 15 is 0 Å². The Balaban J connectivity index is 2.20. The third kappa shape index (κ3) is 3.13. The van der Waals surface area contributed by atoms with E-state index in [-0.39, 0.29) is 16.1 Å². The highest BCUT2D eigenvalue weighted by Gasteiger charge is 2.42. The minimum absolute atomic E-state index is 0.0117. The van der Waals surface area contributed by atoms with E-state index < -0.39 is 11.9 Å². The van der Waals surface area contributed by atoms with Gasteiger partial charge < -0.3 is 5.32 Å². The minimum atomic E-state index is -4.50. The Hall–Kier alpha value is -1.42. The monoisotopic (exact) mass is 287 g/mol. The molecular weight excluding hydrogens is 275 g/mol. The van der Waals surface area contributed by atoms with Crippen molar-refractivity contribution in [1.82, 2.24) is 4.98 Å². The van der Waals surface area contributed by atoms with Crippen LogP contribution in [0.4, 0.5) is 19.0 Å². The summed E-state index contributed by atoms with van der Waals surface area (Å²) in [6.07, 6.45) is -0.468. The van der Waals surface area contributed by atoms with Gasteiger partial charge in [-0.1, -0.05) is 0 Å². The van der Waals surface area contributed by atoms with Crippen LogP contribution in [0.5, 0.6) is 0 Å². The van der Waals surface area contributed by atoms with Gasteiger partial charge in [0.2, 0.25) is 0 Å². The van der Waals surface area contributed by atoms with E-state index in [4.69, 9.17) is 5.26 Å². The van der Waals surface area contributed by atoms with E-state index in [0.29, 0.717) is 6.54 Å². The van der Waals surface area contributed by atoms with Crippen molar-refractivity contribution >= 4 is 17.6 Å². The van der Waals surface area contributed by atoms with Gasteiger partial charge in [-0.3, -0.25) is 0 Å². The topological polar surface area (TPSA) is 48.7 Å². The van der Waals surface area contributed by atoms with Gasteiger partial charge in [-0.05, 0) is 31.2 Å². The predicted molar refractivity (Wildman–Crippen MR) is 67.9 cm³/mol. The third-order valence-electron chi connectivity index (χ3n) is 3.12. The number of hydrogen-bond acceptors (Lipinski definition) is 4. The van der Waals surface area contributed by atoms with Crippen molar-refractivity contribution < 1.29 is 13.2 Å². The molecule has 0 aromatic carbocycles. The summed E-state index contributed by atoms with van der Waals surface area (Å²) in [6.45, 7) is 0.525. The average Bonchev–Trinajstić information content (AvgIpc) is 3.15. The lowest BCUT2D eigenvalue weighted by atomic mass is 10.2. The maximum absolute atomic E-state index is 12.6. The second-order valence-corrected chi connectivity index (χ2v) is 5.72. The largest absolute Gasteiger partial charge is 0.433 e. The number of aromatic nitrogens is 1. The highest BCUT2D eigenvalue weighted by atomic mass is 32.2. The molecule has 0 saturated heterocycles. The van der Waals surface area contributed by atoms with Crippen molar-refractivity contribution in [1.29, 1.82) is 5.26 Å². The first kappa shape index (κ1) is 14.0. The van der Waals surface area contributed by atoms with E-state index in [2.05, 4.69) is 10.3 Å². The maximum atomic E-state index is 12.6. The summed E-state index contributed by atoms with van der Waals surface area (Å²) >= 11 is 1.69. The van der Waals surface area contributed by atoms with Crippen LogP contribution in [0.25, 0.3) is 0 Å². The zero-order valence-corrected chi connectivity index (χ0v) is 11.0. The van der Waals surface area contributed by atoms with Gasteiger partial charge >= 0.3 is 6.18 Å². The molecule has 1 heterocycles. The fourth-order valence-electron chi connectivity index (χ4n) is 1.68. The molecule has 1 N–H and O–H groups in total. The first-order chi connectivity index (χ1) is 8.90. The Kier molecular flexibility index (Phi) is 3.63. The molecule has 1 aliphatic rings. The van der Waals surface area contributed by atoms with Crippen LogP contribution in [0, 0.1) is 11.3 Å². The summed E-state index contributed by atoms with van der Waals surface area (Å²) in [5.74, 6) is 0.0117. The Morgan fingerprint density at radius 3 is 2.63 bits per heavy atom. The molecule has 0 aliphatic heterocycles. The molecule has 0 atom stereocenters. The van der Waals surface area contributed by atoms with Crippen molar-refractivity contribution in [3.8, 4) is 6.07 Å². The van der Waals surface area contributed by atoms with Gasteiger partial charge in [0.05, 0.1) is 5.56 Å². The molecule has 0 bridgehead atoms. The average molecular weight is 287 g/mol. The van der Waals surface area contributed by atoms with Gasteiger partial charge in [-0.25, -0.2) is 4.98 Å². The maximum Gasteiger partial charge on any atom is 0.433 e. The molecule has 102 valence electrons. The number of halogens is 3. The molecule has 0 amide bonds. The van der Waals surface area contributed by atoms with Crippen LogP contribution in [-0.4, -0.2) is 22.5 Å². The Bertz CT molecular complexity index is 518. The van der Waals surface area contributed by atoms with Gasteiger partial charge in [-0.2, -0.15) is 30.2 Å². The lowest BCUT2D eigenvalue weighted by molar-refractivity contribution is -0.141. The van der Waals surface area contributed by atoms with Gasteiger partial charge in [0.15, 0.2) is 0 Å². The molecule has 1 aromatic rings. The first-order valence-corrected chi connectivity index (χ1v) is 6.90. The van der Waals surface area contributed by atoms with Crippen LogP contribution in [0.1, 0.15) is 24.1 Å². The van der Waals surface area contributed by atoms with Crippen LogP contribution < -0.4 is 5.32 Å². The predicted octanol–water partition coefficient (Wildman–Crippen LogP) is 3.28. The molecule has 1 saturated carbocycles. The van der Waals surface area contributed by atoms with Crippen LogP contribution >= 0.6 is 11.8 Å². The molecule has 7 heteroatoms. The van der Waals surface area contributed by atoms with E-state index in [9.17, 15) is 13.2 Å². The molecule has 0 unspecified atom stereocenters. The normalized spacial score (nSPS) is 16.8. The van der Waals surface area contributed by atoms with Crippen LogP contribution in [0.2, 0.25) is 0 Å².